The summed E-state index contributed by atoms with van der Waals surface area (Å²) in [6.45, 7) is 4.27. The van der Waals surface area contributed by atoms with Crippen molar-refractivity contribution in [1.29, 1.82) is 0 Å². The van der Waals surface area contributed by atoms with Crippen molar-refractivity contribution in [2.45, 2.75) is 25.3 Å². The molecule has 5 nitrogen and oxygen atoms in total. The molecule has 0 spiro atoms. The molecule has 27 heavy (non-hydrogen) atoms. The van der Waals surface area contributed by atoms with Gasteiger partial charge in [-0.25, -0.2) is 12.8 Å². The Morgan fingerprint density at radius 1 is 1.07 bits per heavy atom. The molecule has 0 heterocycles. The van der Waals surface area contributed by atoms with E-state index in [0.29, 0.717) is 18.7 Å². The fraction of sp³-hybridized carbons (Fsp3) is 0.316. The summed E-state index contributed by atoms with van der Waals surface area (Å²) in [4.78, 5) is 14.0. The SMILES string of the molecule is CCN(CC)S(=O)(=O)c1ccc(C(=O)N(C)Cc2c(F)cccc2Cl)cc1. The lowest BCUT2D eigenvalue weighted by Gasteiger charge is -2.20. The van der Waals surface area contributed by atoms with Gasteiger partial charge in [0.15, 0.2) is 0 Å². The van der Waals surface area contributed by atoms with Crippen LogP contribution in [0.5, 0.6) is 0 Å². The maximum absolute atomic E-state index is 13.9. The van der Waals surface area contributed by atoms with E-state index >= 15 is 0 Å². The highest BCUT2D eigenvalue weighted by molar-refractivity contribution is 7.89. The fourth-order valence-corrected chi connectivity index (χ4v) is 4.38. The molecule has 146 valence electrons. The summed E-state index contributed by atoms with van der Waals surface area (Å²) in [5.74, 6) is -0.844. The summed E-state index contributed by atoms with van der Waals surface area (Å²) in [5.41, 5.74) is 0.541. The number of hydrogen-bond donors (Lipinski definition) is 0. The van der Waals surface area contributed by atoms with Crippen molar-refractivity contribution in [3.8, 4) is 0 Å². The summed E-state index contributed by atoms with van der Waals surface area (Å²) in [6, 6.07) is 10.1. The van der Waals surface area contributed by atoms with E-state index < -0.39 is 15.8 Å². The molecule has 0 N–H and O–H groups in total. The van der Waals surface area contributed by atoms with E-state index in [1.807, 2.05) is 0 Å². The lowest BCUT2D eigenvalue weighted by atomic mass is 10.1. The van der Waals surface area contributed by atoms with Gasteiger partial charge in [-0.2, -0.15) is 4.31 Å². The Hall–Kier alpha value is -1.96. The maximum Gasteiger partial charge on any atom is 0.253 e. The molecule has 0 fully saturated rings. The topological polar surface area (TPSA) is 57.7 Å². The third kappa shape index (κ3) is 4.66. The predicted octanol–water partition coefficient (Wildman–Crippen LogP) is 3.78. The molecule has 0 radical (unpaired) electrons. The number of benzene rings is 2. The molecule has 0 bridgehead atoms. The van der Waals surface area contributed by atoms with Crippen LogP contribution in [0.4, 0.5) is 4.39 Å². The second-order valence-corrected chi connectivity index (χ2v) is 8.32. The monoisotopic (exact) mass is 412 g/mol. The fourth-order valence-electron chi connectivity index (χ4n) is 2.69. The van der Waals surface area contributed by atoms with Gasteiger partial charge in [0.1, 0.15) is 5.82 Å². The average molecular weight is 413 g/mol. The zero-order valence-corrected chi connectivity index (χ0v) is 17.0. The van der Waals surface area contributed by atoms with Gasteiger partial charge in [0.2, 0.25) is 10.0 Å². The number of carbonyl (C=O) groups is 1. The number of nitrogens with zero attached hydrogens (tertiary/aromatic N) is 2. The first-order chi connectivity index (χ1) is 12.7. The highest BCUT2D eigenvalue weighted by Crippen LogP contribution is 2.22. The Labute approximate surface area is 164 Å². The quantitative estimate of drug-likeness (QED) is 0.695. The third-order valence-corrected chi connectivity index (χ3v) is 6.67. The molecule has 2 rings (SSSR count). The highest BCUT2D eigenvalue weighted by Gasteiger charge is 2.22. The Balaban J connectivity index is 2.20. The molecule has 0 saturated heterocycles. The van der Waals surface area contributed by atoms with Crippen molar-refractivity contribution in [1.82, 2.24) is 9.21 Å². The van der Waals surface area contributed by atoms with Crippen molar-refractivity contribution >= 4 is 27.5 Å². The van der Waals surface area contributed by atoms with Crippen LogP contribution in [-0.2, 0) is 16.6 Å². The minimum absolute atomic E-state index is 0.00381. The van der Waals surface area contributed by atoms with Crippen LogP contribution in [0.2, 0.25) is 5.02 Å². The number of sulfonamides is 1. The molecule has 0 aliphatic rings. The minimum atomic E-state index is -3.58. The van der Waals surface area contributed by atoms with E-state index in [2.05, 4.69) is 0 Å². The third-order valence-electron chi connectivity index (χ3n) is 4.25. The number of halogens is 2. The summed E-state index contributed by atoms with van der Waals surface area (Å²) >= 11 is 6.00. The van der Waals surface area contributed by atoms with Crippen molar-refractivity contribution in [3.05, 3.63) is 64.4 Å². The first-order valence-corrected chi connectivity index (χ1v) is 10.3. The van der Waals surface area contributed by atoms with Gasteiger partial charge in [0, 0.05) is 42.8 Å². The number of rotatable bonds is 7. The van der Waals surface area contributed by atoms with Crippen LogP contribution in [0.1, 0.15) is 29.8 Å². The normalized spacial score (nSPS) is 11.6. The summed E-state index contributed by atoms with van der Waals surface area (Å²) in [5, 5.41) is 0.246. The molecule has 0 aromatic heterocycles. The second kappa shape index (κ2) is 8.82. The van der Waals surface area contributed by atoms with Crippen LogP contribution >= 0.6 is 11.6 Å². The average Bonchev–Trinajstić information content (AvgIpc) is 2.65. The molecule has 0 atom stereocenters. The van der Waals surface area contributed by atoms with E-state index in [0.717, 1.165) is 0 Å². The van der Waals surface area contributed by atoms with E-state index in [9.17, 15) is 17.6 Å². The molecule has 2 aromatic carbocycles. The van der Waals surface area contributed by atoms with Gasteiger partial charge < -0.3 is 4.90 Å². The van der Waals surface area contributed by atoms with Crippen molar-refractivity contribution in [2.75, 3.05) is 20.1 Å². The zero-order valence-electron chi connectivity index (χ0n) is 15.4. The van der Waals surface area contributed by atoms with E-state index in [1.165, 1.54) is 52.7 Å². The Morgan fingerprint density at radius 2 is 1.67 bits per heavy atom. The van der Waals surface area contributed by atoms with Gasteiger partial charge in [-0.3, -0.25) is 4.79 Å². The summed E-state index contributed by atoms with van der Waals surface area (Å²) in [7, 11) is -2.05. The minimum Gasteiger partial charge on any atom is -0.337 e. The zero-order chi connectivity index (χ0) is 20.2. The van der Waals surface area contributed by atoms with E-state index in [4.69, 9.17) is 11.6 Å². The second-order valence-electron chi connectivity index (χ2n) is 5.98. The standard InChI is InChI=1S/C19H22ClFN2O3S/c1-4-23(5-2)27(25,26)15-11-9-14(10-12-15)19(24)22(3)13-16-17(20)7-6-8-18(16)21/h6-12H,4-5,13H2,1-3H3. The first-order valence-electron chi connectivity index (χ1n) is 8.50. The van der Waals surface area contributed by atoms with Gasteiger partial charge in [-0.05, 0) is 36.4 Å². The van der Waals surface area contributed by atoms with Gasteiger partial charge in [0.25, 0.3) is 5.91 Å². The Bertz CT molecular complexity index is 893. The number of carbonyl (C=O) groups excluding carboxylic acids is 1. The molecule has 0 unspecified atom stereocenters. The highest BCUT2D eigenvalue weighted by atomic mass is 35.5. The smallest absolute Gasteiger partial charge is 0.253 e. The van der Waals surface area contributed by atoms with Crippen molar-refractivity contribution in [3.63, 3.8) is 0 Å². The summed E-state index contributed by atoms with van der Waals surface area (Å²) in [6.07, 6.45) is 0. The van der Waals surface area contributed by atoms with Gasteiger partial charge >= 0.3 is 0 Å². The number of hydrogen-bond acceptors (Lipinski definition) is 3. The Kier molecular flexibility index (Phi) is 6.97. The summed E-state index contributed by atoms with van der Waals surface area (Å²) < 4.78 is 40.3. The van der Waals surface area contributed by atoms with Gasteiger partial charge in [-0.15, -0.1) is 0 Å². The predicted molar refractivity (Wildman–Crippen MR) is 104 cm³/mol. The van der Waals surface area contributed by atoms with Crippen molar-refractivity contribution < 1.29 is 17.6 Å². The maximum atomic E-state index is 13.9. The van der Waals surface area contributed by atoms with Crippen LogP contribution in [-0.4, -0.2) is 43.7 Å². The molecule has 0 saturated carbocycles. The van der Waals surface area contributed by atoms with Crippen LogP contribution in [0.3, 0.4) is 0 Å². The molecule has 0 aliphatic heterocycles. The number of amides is 1. The molecular formula is C19H22ClFN2O3S. The first kappa shape index (κ1) is 21.3. The van der Waals surface area contributed by atoms with E-state index in [-0.39, 0.29) is 27.9 Å². The lowest BCUT2D eigenvalue weighted by molar-refractivity contribution is 0.0784. The van der Waals surface area contributed by atoms with E-state index in [1.54, 1.807) is 19.9 Å². The molecule has 1 amide bonds. The van der Waals surface area contributed by atoms with Crippen LogP contribution < -0.4 is 0 Å². The molecular weight excluding hydrogens is 391 g/mol. The van der Waals surface area contributed by atoms with Crippen molar-refractivity contribution in [2.24, 2.45) is 0 Å². The van der Waals surface area contributed by atoms with Gasteiger partial charge in [0.05, 0.1) is 4.90 Å². The van der Waals surface area contributed by atoms with Crippen LogP contribution in [0.25, 0.3) is 0 Å². The Morgan fingerprint density at radius 3 is 2.19 bits per heavy atom. The molecule has 2 aromatic rings. The molecule has 8 heteroatoms. The van der Waals surface area contributed by atoms with Crippen LogP contribution in [0, 0.1) is 5.82 Å². The largest absolute Gasteiger partial charge is 0.337 e. The molecule has 0 aliphatic carbocycles. The van der Waals surface area contributed by atoms with Crippen LogP contribution in [0.15, 0.2) is 47.4 Å². The van der Waals surface area contributed by atoms with Gasteiger partial charge in [-0.1, -0.05) is 31.5 Å². The lowest BCUT2D eigenvalue weighted by Crippen LogP contribution is -2.30.